The van der Waals surface area contributed by atoms with Crippen molar-refractivity contribution in [1.29, 1.82) is 0 Å². The minimum Gasteiger partial charge on any atom is -0.275 e. The monoisotopic (exact) mass is 283 g/mol. The van der Waals surface area contributed by atoms with Gasteiger partial charge in [0, 0.05) is 11.8 Å². The van der Waals surface area contributed by atoms with Crippen LogP contribution in [0.3, 0.4) is 0 Å². The molecule has 0 bridgehead atoms. The van der Waals surface area contributed by atoms with Crippen molar-refractivity contribution in [2.45, 2.75) is 13.3 Å². The molecule has 0 N–H and O–H groups in total. The highest BCUT2D eigenvalue weighted by Gasteiger charge is 2.23. The summed E-state index contributed by atoms with van der Waals surface area (Å²) in [6.07, 6.45) is -1.48. The van der Waals surface area contributed by atoms with Gasteiger partial charge in [0.15, 0.2) is 0 Å². The number of aryl methyl sites for hydroxylation is 1. The highest BCUT2D eigenvalue weighted by Crippen LogP contribution is 2.30. The molecule has 0 aromatic carbocycles. The van der Waals surface area contributed by atoms with Crippen LogP contribution in [0.15, 0.2) is 10.8 Å². The Bertz CT molecular complexity index is 384. The summed E-state index contributed by atoms with van der Waals surface area (Å²) in [7, 11) is 0. The van der Waals surface area contributed by atoms with Crippen LogP contribution in [0.2, 0.25) is 0 Å². The van der Waals surface area contributed by atoms with E-state index in [1.165, 1.54) is 13.1 Å². The summed E-state index contributed by atoms with van der Waals surface area (Å²) in [4.78, 5) is 14.6. The first kappa shape index (κ1) is 11.5. The van der Waals surface area contributed by atoms with E-state index in [0.29, 0.717) is 0 Å². The van der Waals surface area contributed by atoms with E-state index in [0.717, 1.165) is 0 Å². The molecule has 1 rings (SSSR count). The Morgan fingerprint density at radius 2 is 2.21 bits per heavy atom. The molecule has 1 aromatic heterocycles. The molecule has 2 nitrogen and oxygen atoms in total. The van der Waals surface area contributed by atoms with Gasteiger partial charge in [0.2, 0.25) is 0 Å². The van der Waals surface area contributed by atoms with Crippen molar-refractivity contribution in [3.05, 3.63) is 27.5 Å². The zero-order valence-corrected chi connectivity index (χ0v) is 9.36. The average Bonchev–Trinajstić information content (AvgIpc) is 2.07. The Kier molecular flexibility index (Phi) is 3.55. The Morgan fingerprint density at radius 1 is 1.64 bits per heavy atom. The van der Waals surface area contributed by atoms with Crippen LogP contribution >= 0.6 is 27.5 Å². The fraction of sp³-hybridized carbons (Fsp3) is 0.250. The third-order valence-electron chi connectivity index (χ3n) is 1.69. The van der Waals surface area contributed by atoms with Crippen molar-refractivity contribution < 1.29 is 13.6 Å². The number of halogens is 4. The molecule has 0 aliphatic heterocycles. The number of hydrogen-bond acceptors (Lipinski definition) is 2. The van der Waals surface area contributed by atoms with Gasteiger partial charge in [-0.1, -0.05) is 0 Å². The molecule has 0 atom stereocenters. The van der Waals surface area contributed by atoms with Gasteiger partial charge >= 0.3 is 0 Å². The van der Waals surface area contributed by atoms with Gasteiger partial charge in [0.1, 0.15) is 4.60 Å². The molecule has 1 heterocycles. The average molecular weight is 284 g/mol. The molecule has 1 aromatic rings. The zero-order chi connectivity index (χ0) is 10.9. The van der Waals surface area contributed by atoms with Crippen LogP contribution in [0.1, 0.15) is 27.9 Å². The lowest BCUT2D eigenvalue weighted by atomic mass is 10.1. The second-order valence-corrected chi connectivity index (χ2v) is 3.69. The Hall–Kier alpha value is -0.550. The second-order valence-electron chi connectivity index (χ2n) is 2.60. The Morgan fingerprint density at radius 3 is 2.57 bits per heavy atom. The number of hydrogen-bond donors (Lipinski definition) is 0. The lowest BCUT2D eigenvalue weighted by Gasteiger charge is -2.09. The van der Waals surface area contributed by atoms with Crippen LogP contribution in [-0.2, 0) is 0 Å². The molecule has 0 unspecified atom stereocenters. The van der Waals surface area contributed by atoms with E-state index in [9.17, 15) is 13.6 Å². The predicted octanol–water partition coefficient (Wildman–Crippen LogP) is 3.47. The van der Waals surface area contributed by atoms with Gasteiger partial charge in [-0.15, -0.1) is 0 Å². The van der Waals surface area contributed by atoms with E-state index in [1.807, 2.05) is 0 Å². The lowest BCUT2D eigenvalue weighted by molar-refractivity contribution is 0.106. The van der Waals surface area contributed by atoms with Crippen LogP contribution in [0.25, 0.3) is 0 Å². The summed E-state index contributed by atoms with van der Waals surface area (Å²) in [5.41, 5.74) is -0.388. The summed E-state index contributed by atoms with van der Waals surface area (Å²) in [6, 6.07) is 0. The summed E-state index contributed by atoms with van der Waals surface area (Å²) < 4.78 is 25.2. The van der Waals surface area contributed by atoms with Crippen molar-refractivity contribution >= 4 is 32.8 Å². The van der Waals surface area contributed by atoms with Gasteiger partial charge in [-0.05, 0) is 40.0 Å². The van der Waals surface area contributed by atoms with E-state index in [4.69, 9.17) is 11.6 Å². The summed E-state index contributed by atoms with van der Waals surface area (Å²) in [6.45, 7) is 1.45. The molecule has 0 amide bonds. The number of nitrogens with zero attached hydrogens (tertiary/aromatic N) is 1. The number of carbonyl (C=O) groups excluding carboxylic acids is 1. The first-order valence-electron chi connectivity index (χ1n) is 3.58. The third-order valence-corrected chi connectivity index (χ3v) is 2.48. The summed E-state index contributed by atoms with van der Waals surface area (Å²) >= 11 is 8.09. The van der Waals surface area contributed by atoms with Crippen LogP contribution in [-0.4, -0.2) is 10.2 Å². The third kappa shape index (κ3) is 2.09. The number of aromatic nitrogens is 1. The van der Waals surface area contributed by atoms with Crippen LogP contribution in [0.5, 0.6) is 0 Å². The quantitative estimate of drug-likeness (QED) is 0.615. The number of carbonyl (C=O) groups is 1. The van der Waals surface area contributed by atoms with Crippen LogP contribution in [0, 0.1) is 6.92 Å². The van der Waals surface area contributed by atoms with E-state index < -0.39 is 11.7 Å². The van der Waals surface area contributed by atoms with Crippen LogP contribution in [0.4, 0.5) is 8.78 Å². The minimum atomic E-state index is -2.74. The maximum Gasteiger partial charge on any atom is 0.265 e. The van der Waals surface area contributed by atoms with E-state index in [1.54, 1.807) is 0 Å². The number of rotatable bonds is 2. The molecule has 0 saturated heterocycles. The molecule has 0 aliphatic carbocycles. The smallest absolute Gasteiger partial charge is 0.265 e. The first-order chi connectivity index (χ1) is 6.45. The highest BCUT2D eigenvalue weighted by molar-refractivity contribution is 9.10. The molecule has 0 aliphatic rings. The normalized spacial score (nSPS) is 10.7. The minimum absolute atomic E-state index is 0.0402. The number of pyridine rings is 1. The van der Waals surface area contributed by atoms with Crippen molar-refractivity contribution in [3.63, 3.8) is 0 Å². The van der Waals surface area contributed by atoms with Gasteiger partial charge in [-0.25, -0.2) is 13.8 Å². The molecule has 14 heavy (non-hydrogen) atoms. The van der Waals surface area contributed by atoms with Crippen molar-refractivity contribution in [2.24, 2.45) is 0 Å². The van der Waals surface area contributed by atoms with E-state index in [2.05, 4.69) is 20.9 Å². The molecular weight excluding hydrogens is 279 g/mol. The summed E-state index contributed by atoms with van der Waals surface area (Å²) in [5, 5.41) is -0.941. The lowest BCUT2D eigenvalue weighted by Crippen LogP contribution is -2.04. The van der Waals surface area contributed by atoms with Gasteiger partial charge in [0.05, 0.1) is 5.56 Å². The second kappa shape index (κ2) is 4.31. The van der Waals surface area contributed by atoms with Crippen molar-refractivity contribution in [2.75, 3.05) is 0 Å². The van der Waals surface area contributed by atoms with E-state index >= 15 is 0 Å². The maximum absolute atomic E-state index is 12.6. The highest BCUT2D eigenvalue weighted by atomic mass is 79.9. The molecule has 6 heteroatoms. The molecule has 76 valence electrons. The largest absolute Gasteiger partial charge is 0.275 e. The predicted molar refractivity (Wildman–Crippen MR) is 51.8 cm³/mol. The van der Waals surface area contributed by atoms with Crippen molar-refractivity contribution in [3.8, 4) is 0 Å². The van der Waals surface area contributed by atoms with Gasteiger partial charge in [0.25, 0.3) is 11.7 Å². The Balaban J connectivity index is 3.50. The molecular formula is C8H5BrClF2NO. The molecule has 0 saturated carbocycles. The van der Waals surface area contributed by atoms with Gasteiger partial charge < -0.3 is 0 Å². The summed E-state index contributed by atoms with van der Waals surface area (Å²) in [5.74, 6) is 0. The molecule has 0 fully saturated rings. The molecule has 0 spiro atoms. The van der Waals surface area contributed by atoms with Crippen molar-refractivity contribution in [1.82, 2.24) is 4.98 Å². The topological polar surface area (TPSA) is 30.0 Å². The molecule has 0 radical (unpaired) electrons. The van der Waals surface area contributed by atoms with Gasteiger partial charge in [-0.3, -0.25) is 4.79 Å². The maximum atomic E-state index is 12.6. The number of alkyl halides is 2. The van der Waals surface area contributed by atoms with E-state index in [-0.39, 0.29) is 21.3 Å². The SMILES string of the molecule is Cc1cnc(Br)c(C(=O)Cl)c1C(F)F. The van der Waals surface area contributed by atoms with Gasteiger partial charge in [-0.2, -0.15) is 0 Å². The fourth-order valence-electron chi connectivity index (χ4n) is 1.06. The zero-order valence-electron chi connectivity index (χ0n) is 7.02. The van der Waals surface area contributed by atoms with Crippen LogP contribution < -0.4 is 0 Å². The standard InChI is InChI=1S/C8H5BrClF2NO/c1-3-2-13-6(9)5(7(10)14)4(3)8(11)12/h2,8H,1H3. The Labute approximate surface area is 92.4 Å². The fourth-order valence-corrected chi connectivity index (χ4v) is 1.87. The first-order valence-corrected chi connectivity index (χ1v) is 4.75.